The van der Waals surface area contributed by atoms with Crippen LogP contribution in [0.2, 0.25) is 0 Å². The first-order valence-corrected chi connectivity index (χ1v) is 9.90. The quantitative estimate of drug-likeness (QED) is 0.462. The van der Waals surface area contributed by atoms with Crippen LogP contribution in [0.3, 0.4) is 0 Å². The molecule has 0 aliphatic carbocycles. The van der Waals surface area contributed by atoms with E-state index in [0.717, 1.165) is 16.3 Å². The molecule has 156 valence electrons. The number of fused-ring (bicyclic) bond motifs is 1. The number of methoxy groups -OCH3 is 2. The van der Waals surface area contributed by atoms with E-state index in [9.17, 15) is 9.90 Å². The number of hydrogen-bond acceptors (Lipinski definition) is 4. The Morgan fingerprint density at radius 1 is 0.839 bits per heavy atom. The van der Waals surface area contributed by atoms with Gasteiger partial charge >= 0.3 is 0 Å². The summed E-state index contributed by atoms with van der Waals surface area (Å²) in [4.78, 5) is 13.3. The smallest absolute Gasteiger partial charge is 0.252 e. The van der Waals surface area contributed by atoms with Gasteiger partial charge in [0, 0.05) is 17.2 Å². The van der Waals surface area contributed by atoms with Crippen LogP contribution < -0.4 is 14.8 Å². The van der Waals surface area contributed by atoms with Crippen LogP contribution in [0.1, 0.15) is 27.5 Å². The maximum atomic E-state index is 13.3. The SMILES string of the molecule is COc1cc(OC)cc(C(=O)NC(c2ccccc2)c2c(O)ccc3ccccc23)c1. The molecular weight excluding hydrogens is 390 g/mol. The first kappa shape index (κ1) is 20.3. The number of hydrogen-bond donors (Lipinski definition) is 2. The minimum absolute atomic E-state index is 0.121. The number of benzene rings is 4. The zero-order valence-corrected chi connectivity index (χ0v) is 17.3. The van der Waals surface area contributed by atoms with Gasteiger partial charge in [-0.1, -0.05) is 60.7 Å². The average molecular weight is 413 g/mol. The van der Waals surface area contributed by atoms with Gasteiger partial charge in [-0.15, -0.1) is 0 Å². The first-order chi connectivity index (χ1) is 15.1. The summed E-state index contributed by atoms with van der Waals surface area (Å²) >= 11 is 0. The van der Waals surface area contributed by atoms with Crippen LogP contribution in [0.4, 0.5) is 0 Å². The Morgan fingerprint density at radius 2 is 1.48 bits per heavy atom. The molecule has 4 aromatic carbocycles. The minimum Gasteiger partial charge on any atom is -0.508 e. The van der Waals surface area contributed by atoms with Gasteiger partial charge < -0.3 is 19.9 Å². The highest BCUT2D eigenvalue weighted by Gasteiger charge is 2.23. The summed E-state index contributed by atoms with van der Waals surface area (Å²) in [5, 5.41) is 15.7. The molecule has 0 bridgehead atoms. The molecule has 31 heavy (non-hydrogen) atoms. The van der Waals surface area contributed by atoms with E-state index in [2.05, 4.69) is 5.32 Å². The van der Waals surface area contributed by atoms with Gasteiger partial charge in [0.15, 0.2) is 0 Å². The maximum absolute atomic E-state index is 13.3. The zero-order valence-electron chi connectivity index (χ0n) is 17.3. The second kappa shape index (κ2) is 8.79. The van der Waals surface area contributed by atoms with Gasteiger partial charge in [-0.05, 0) is 34.5 Å². The van der Waals surface area contributed by atoms with Crippen molar-refractivity contribution in [3.63, 3.8) is 0 Å². The second-order valence-electron chi connectivity index (χ2n) is 7.14. The van der Waals surface area contributed by atoms with E-state index in [0.29, 0.717) is 22.6 Å². The fraction of sp³-hybridized carbons (Fsp3) is 0.115. The number of carbonyl (C=O) groups excluding carboxylic acids is 1. The Labute approximate surface area is 180 Å². The molecule has 1 unspecified atom stereocenters. The summed E-state index contributed by atoms with van der Waals surface area (Å²) in [6, 6.07) is 25.4. The fourth-order valence-corrected chi connectivity index (χ4v) is 3.71. The highest BCUT2D eigenvalue weighted by atomic mass is 16.5. The Bertz CT molecular complexity index is 1200. The number of ether oxygens (including phenoxy) is 2. The monoisotopic (exact) mass is 413 g/mol. The van der Waals surface area contributed by atoms with Crippen molar-refractivity contribution in [1.29, 1.82) is 0 Å². The van der Waals surface area contributed by atoms with Gasteiger partial charge in [0.1, 0.15) is 17.2 Å². The fourth-order valence-electron chi connectivity index (χ4n) is 3.71. The molecule has 4 aromatic rings. The molecule has 0 spiro atoms. The summed E-state index contributed by atoms with van der Waals surface area (Å²) in [6.07, 6.45) is 0. The lowest BCUT2D eigenvalue weighted by Crippen LogP contribution is -2.29. The van der Waals surface area contributed by atoms with Crippen molar-refractivity contribution in [3.8, 4) is 17.2 Å². The summed E-state index contributed by atoms with van der Waals surface area (Å²) in [5.74, 6) is 0.858. The van der Waals surface area contributed by atoms with E-state index in [1.54, 1.807) is 24.3 Å². The highest BCUT2D eigenvalue weighted by molar-refractivity contribution is 5.96. The van der Waals surface area contributed by atoms with E-state index in [-0.39, 0.29) is 11.7 Å². The van der Waals surface area contributed by atoms with Crippen LogP contribution >= 0.6 is 0 Å². The number of phenols is 1. The summed E-state index contributed by atoms with van der Waals surface area (Å²) < 4.78 is 10.6. The van der Waals surface area contributed by atoms with Gasteiger partial charge in [-0.2, -0.15) is 0 Å². The van der Waals surface area contributed by atoms with Crippen molar-refractivity contribution in [2.24, 2.45) is 0 Å². The van der Waals surface area contributed by atoms with Crippen molar-refractivity contribution in [2.45, 2.75) is 6.04 Å². The second-order valence-corrected chi connectivity index (χ2v) is 7.14. The van der Waals surface area contributed by atoms with Crippen LogP contribution in [0.5, 0.6) is 17.2 Å². The molecule has 5 nitrogen and oxygen atoms in total. The largest absolute Gasteiger partial charge is 0.508 e. The van der Waals surface area contributed by atoms with Crippen molar-refractivity contribution in [3.05, 3.63) is 102 Å². The van der Waals surface area contributed by atoms with Gasteiger partial charge in [-0.25, -0.2) is 0 Å². The molecule has 0 aliphatic rings. The summed E-state index contributed by atoms with van der Waals surface area (Å²) in [7, 11) is 3.08. The predicted molar refractivity (Wildman–Crippen MR) is 121 cm³/mol. The third-order valence-corrected chi connectivity index (χ3v) is 5.26. The van der Waals surface area contributed by atoms with Crippen molar-refractivity contribution in [1.82, 2.24) is 5.32 Å². The summed E-state index contributed by atoms with van der Waals surface area (Å²) in [5.41, 5.74) is 1.90. The molecule has 5 heteroatoms. The number of aromatic hydroxyl groups is 1. The molecule has 0 saturated heterocycles. The molecule has 0 heterocycles. The normalized spacial score (nSPS) is 11.7. The Hall–Kier alpha value is -3.99. The van der Waals surface area contributed by atoms with Gasteiger partial charge in [0.05, 0.1) is 20.3 Å². The van der Waals surface area contributed by atoms with Gasteiger partial charge in [-0.3, -0.25) is 4.79 Å². The molecule has 0 saturated carbocycles. The molecular formula is C26H23NO4. The lowest BCUT2D eigenvalue weighted by atomic mass is 9.92. The minimum atomic E-state index is -0.558. The number of rotatable bonds is 6. The predicted octanol–water partition coefficient (Wildman–Crippen LogP) is 5.08. The van der Waals surface area contributed by atoms with Crippen molar-refractivity contribution in [2.75, 3.05) is 14.2 Å². The molecule has 2 N–H and O–H groups in total. The molecule has 1 amide bonds. The van der Waals surface area contributed by atoms with Gasteiger partial charge in [0.2, 0.25) is 0 Å². The average Bonchev–Trinajstić information content (AvgIpc) is 2.83. The number of carbonyl (C=O) groups is 1. The molecule has 0 fully saturated rings. The molecule has 1 atom stereocenters. The van der Waals surface area contributed by atoms with Crippen molar-refractivity contribution < 1.29 is 19.4 Å². The molecule has 0 radical (unpaired) electrons. The van der Waals surface area contributed by atoms with E-state index in [1.807, 2.05) is 60.7 Å². The van der Waals surface area contributed by atoms with Crippen LogP contribution in [-0.4, -0.2) is 25.2 Å². The van der Waals surface area contributed by atoms with E-state index >= 15 is 0 Å². The third-order valence-electron chi connectivity index (χ3n) is 5.26. The molecule has 0 aliphatic heterocycles. The zero-order chi connectivity index (χ0) is 21.8. The Kier molecular flexibility index (Phi) is 5.76. The van der Waals surface area contributed by atoms with Crippen LogP contribution in [0.15, 0.2) is 84.9 Å². The highest BCUT2D eigenvalue weighted by Crippen LogP contribution is 2.36. The van der Waals surface area contributed by atoms with Crippen LogP contribution in [0.25, 0.3) is 10.8 Å². The van der Waals surface area contributed by atoms with Crippen LogP contribution in [0, 0.1) is 0 Å². The number of nitrogens with one attached hydrogen (secondary N) is 1. The maximum Gasteiger partial charge on any atom is 0.252 e. The molecule has 0 aromatic heterocycles. The third kappa shape index (κ3) is 4.16. The summed E-state index contributed by atoms with van der Waals surface area (Å²) in [6.45, 7) is 0. The number of amides is 1. The van der Waals surface area contributed by atoms with Crippen LogP contribution in [-0.2, 0) is 0 Å². The van der Waals surface area contributed by atoms with Gasteiger partial charge in [0.25, 0.3) is 5.91 Å². The first-order valence-electron chi connectivity index (χ1n) is 9.90. The number of phenolic OH excluding ortho intramolecular Hbond substituents is 1. The topological polar surface area (TPSA) is 67.8 Å². The molecule has 4 rings (SSSR count). The lowest BCUT2D eigenvalue weighted by Gasteiger charge is -2.23. The van der Waals surface area contributed by atoms with Crippen molar-refractivity contribution >= 4 is 16.7 Å². The van der Waals surface area contributed by atoms with E-state index in [1.165, 1.54) is 14.2 Å². The Balaban J connectivity index is 1.82. The lowest BCUT2D eigenvalue weighted by molar-refractivity contribution is 0.0942. The van der Waals surface area contributed by atoms with E-state index in [4.69, 9.17) is 9.47 Å². The Morgan fingerprint density at radius 3 is 2.16 bits per heavy atom. The standard InChI is InChI=1S/C26H23NO4/c1-30-20-14-19(15-21(16-20)31-2)26(29)27-25(18-9-4-3-5-10-18)24-22-11-7-6-8-17(22)12-13-23(24)28/h3-16,25,28H,1-2H3,(H,27,29). The van der Waals surface area contributed by atoms with E-state index < -0.39 is 6.04 Å².